The predicted molar refractivity (Wildman–Crippen MR) is 106 cm³/mol. The van der Waals surface area contributed by atoms with Crippen molar-refractivity contribution in [2.24, 2.45) is 0 Å². The van der Waals surface area contributed by atoms with Crippen LogP contribution in [0, 0.1) is 5.82 Å². The van der Waals surface area contributed by atoms with E-state index >= 15 is 0 Å². The van der Waals surface area contributed by atoms with E-state index in [1.165, 1.54) is 18.2 Å². The van der Waals surface area contributed by atoms with Crippen LogP contribution >= 0.6 is 0 Å². The molecule has 2 aromatic carbocycles. The summed E-state index contributed by atoms with van der Waals surface area (Å²) in [6, 6.07) is 12.2. The third kappa shape index (κ3) is 3.70. The number of nitrogens with zero attached hydrogens (tertiary/aromatic N) is 1. The molecule has 0 radical (unpaired) electrons. The van der Waals surface area contributed by atoms with Gasteiger partial charge in [-0.3, -0.25) is 4.79 Å². The van der Waals surface area contributed by atoms with Crippen molar-refractivity contribution in [3.63, 3.8) is 0 Å². The highest BCUT2D eigenvalue weighted by atomic mass is 32.2. The number of likely N-dealkylation sites (tertiary alicyclic amines) is 1. The van der Waals surface area contributed by atoms with E-state index in [0.717, 1.165) is 11.6 Å². The molecule has 1 atom stereocenters. The number of hydrogen-bond donors (Lipinski definition) is 1. The molecule has 1 saturated heterocycles. The second-order valence-electron chi connectivity index (χ2n) is 7.43. The molecule has 2 aliphatic heterocycles. The van der Waals surface area contributed by atoms with Crippen molar-refractivity contribution in [3.8, 4) is 0 Å². The minimum Gasteiger partial charge on any atom is -0.449 e. The van der Waals surface area contributed by atoms with Crippen molar-refractivity contribution in [1.82, 2.24) is 9.62 Å². The average molecular weight is 432 g/mol. The minimum atomic E-state index is -4.05. The second kappa shape index (κ2) is 7.81. The Hall–Kier alpha value is -2.78. The molecule has 30 heavy (non-hydrogen) atoms. The molecule has 7 nitrogen and oxygen atoms in total. The number of sulfonamides is 1. The molecule has 0 saturated carbocycles. The first-order valence-corrected chi connectivity index (χ1v) is 11.2. The first-order chi connectivity index (χ1) is 14.3. The van der Waals surface area contributed by atoms with Crippen LogP contribution in [-0.4, -0.2) is 44.8 Å². The molecular weight excluding hydrogens is 411 g/mol. The van der Waals surface area contributed by atoms with E-state index in [1.54, 1.807) is 17.0 Å². The number of carbonyl (C=O) groups is 2. The highest BCUT2D eigenvalue weighted by molar-refractivity contribution is 7.89. The lowest BCUT2D eigenvalue weighted by molar-refractivity contribution is -0.138. The van der Waals surface area contributed by atoms with Gasteiger partial charge in [-0.25, -0.2) is 22.3 Å². The number of rotatable bonds is 5. The maximum Gasteiger partial charge on any atom is 0.339 e. The van der Waals surface area contributed by atoms with E-state index in [-0.39, 0.29) is 25.4 Å². The summed E-state index contributed by atoms with van der Waals surface area (Å²) < 4.78 is 46.2. The standard InChI is InChI=1S/C21H21FN2O5S/c22-17-8-3-4-9-18(17)30(27,28)23-12-10-19(25)24-13-5-11-21(14-24)16-7-2-1-6-15(16)20(26)29-21/h1-4,6-9,23H,5,10-14H2/t21-/m1/s1. The number of amides is 1. The summed E-state index contributed by atoms with van der Waals surface area (Å²) in [5, 5.41) is 0. The van der Waals surface area contributed by atoms with E-state index in [1.807, 2.05) is 12.1 Å². The summed E-state index contributed by atoms with van der Waals surface area (Å²) in [5.74, 6) is -1.50. The smallest absolute Gasteiger partial charge is 0.339 e. The van der Waals surface area contributed by atoms with Crippen LogP contribution in [0.2, 0.25) is 0 Å². The zero-order valence-corrected chi connectivity index (χ0v) is 17.0. The largest absolute Gasteiger partial charge is 0.449 e. The fourth-order valence-electron chi connectivity index (χ4n) is 4.07. The van der Waals surface area contributed by atoms with E-state index in [4.69, 9.17) is 4.74 Å². The zero-order valence-electron chi connectivity index (χ0n) is 16.1. The number of carbonyl (C=O) groups excluding carboxylic acids is 2. The summed E-state index contributed by atoms with van der Waals surface area (Å²) in [4.78, 5) is 26.1. The molecule has 1 N–H and O–H groups in total. The number of piperidine rings is 1. The molecule has 4 rings (SSSR count). The predicted octanol–water partition coefficient (Wildman–Crippen LogP) is 2.18. The Morgan fingerprint density at radius 3 is 2.70 bits per heavy atom. The van der Waals surface area contributed by atoms with Gasteiger partial charge in [0, 0.05) is 25.1 Å². The minimum absolute atomic E-state index is 0.0840. The van der Waals surface area contributed by atoms with Crippen LogP contribution in [0.4, 0.5) is 4.39 Å². The molecular formula is C21H21FN2O5S. The van der Waals surface area contributed by atoms with Crippen molar-refractivity contribution < 1.29 is 27.1 Å². The van der Waals surface area contributed by atoms with Gasteiger partial charge in [0.05, 0.1) is 12.1 Å². The number of hydrogen-bond acceptors (Lipinski definition) is 5. The molecule has 1 fully saturated rings. The van der Waals surface area contributed by atoms with Crippen molar-refractivity contribution in [2.75, 3.05) is 19.6 Å². The van der Waals surface area contributed by atoms with Crippen LogP contribution < -0.4 is 4.72 Å². The monoisotopic (exact) mass is 432 g/mol. The Morgan fingerprint density at radius 2 is 1.90 bits per heavy atom. The number of halogens is 1. The van der Waals surface area contributed by atoms with Gasteiger partial charge in [0.1, 0.15) is 10.7 Å². The Morgan fingerprint density at radius 1 is 1.17 bits per heavy atom. The molecule has 0 unspecified atom stereocenters. The Balaban J connectivity index is 1.40. The Bertz CT molecular complexity index is 1100. The first kappa shape index (κ1) is 20.5. The Kier molecular flexibility index (Phi) is 5.33. The highest BCUT2D eigenvalue weighted by Crippen LogP contribution is 2.42. The summed E-state index contributed by atoms with van der Waals surface area (Å²) >= 11 is 0. The van der Waals surface area contributed by atoms with Gasteiger partial charge < -0.3 is 9.64 Å². The molecule has 0 aromatic heterocycles. The van der Waals surface area contributed by atoms with Crippen molar-refractivity contribution in [1.29, 1.82) is 0 Å². The molecule has 1 spiro atoms. The van der Waals surface area contributed by atoms with Gasteiger partial charge in [-0.05, 0) is 31.0 Å². The van der Waals surface area contributed by atoms with Crippen LogP contribution in [-0.2, 0) is 25.2 Å². The second-order valence-corrected chi connectivity index (χ2v) is 9.16. The molecule has 9 heteroatoms. The van der Waals surface area contributed by atoms with Gasteiger partial charge >= 0.3 is 5.97 Å². The van der Waals surface area contributed by atoms with Gasteiger partial charge in [0.15, 0.2) is 5.60 Å². The molecule has 2 heterocycles. The number of nitrogens with one attached hydrogen (secondary N) is 1. The van der Waals surface area contributed by atoms with E-state index in [0.29, 0.717) is 24.9 Å². The van der Waals surface area contributed by atoms with E-state index in [9.17, 15) is 22.4 Å². The quantitative estimate of drug-likeness (QED) is 0.731. The number of benzene rings is 2. The van der Waals surface area contributed by atoms with Gasteiger partial charge in [-0.1, -0.05) is 30.3 Å². The van der Waals surface area contributed by atoms with Crippen LogP contribution in [0.15, 0.2) is 53.4 Å². The third-order valence-electron chi connectivity index (χ3n) is 5.49. The van der Waals surface area contributed by atoms with Crippen LogP contribution in [0.1, 0.15) is 35.2 Å². The van der Waals surface area contributed by atoms with Gasteiger partial charge in [0.25, 0.3) is 0 Å². The number of fused-ring (bicyclic) bond motifs is 2. The lowest BCUT2D eigenvalue weighted by Gasteiger charge is -2.39. The molecule has 158 valence electrons. The molecule has 0 bridgehead atoms. The Labute approximate surface area is 173 Å². The van der Waals surface area contributed by atoms with Gasteiger partial charge in [-0.2, -0.15) is 0 Å². The molecule has 2 aliphatic rings. The molecule has 2 aromatic rings. The number of ether oxygens (including phenoxy) is 1. The summed E-state index contributed by atoms with van der Waals surface area (Å²) in [6.07, 6.45) is 1.20. The van der Waals surface area contributed by atoms with Crippen molar-refractivity contribution >= 4 is 21.9 Å². The van der Waals surface area contributed by atoms with Crippen molar-refractivity contribution in [2.45, 2.75) is 29.8 Å². The maximum atomic E-state index is 13.7. The maximum absolute atomic E-state index is 13.7. The van der Waals surface area contributed by atoms with Crippen molar-refractivity contribution in [3.05, 3.63) is 65.5 Å². The summed E-state index contributed by atoms with van der Waals surface area (Å²) in [7, 11) is -4.05. The SMILES string of the molecule is O=C1O[C@@]2(CCCN(C(=O)CCNS(=O)(=O)c3ccccc3F)C2)c2ccccc21. The fourth-order valence-corrected chi connectivity index (χ4v) is 5.18. The summed E-state index contributed by atoms with van der Waals surface area (Å²) in [6.45, 7) is 0.574. The van der Waals surface area contributed by atoms with Gasteiger partial charge in [0.2, 0.25) is 15.9 Å². The first-order valence-electron chi connectivity index (χ1n) is 9.67. The van der Waals surface area contributed by atoms with Crippen LogP contribution in [0.25, 0.3) is 0 Å². The highest BCUT2D eigenvalue weighted by Gasteiger charge is 2.48. The van der Waals surface area contributed by atoms with E-state index in [2.05, 4.69) is 4.72 Å². The lowest BCUT2D eigenvalue weighted by Crippen LogP contribution is -2.49. The molecule has 0 aliphatic carbocycles. The normalized spacial score (nSPS) is 20.8. The van der Waals surface area contributed by atoms with Gasteiger partial charge in [-0.15, -0.1) is 0 Å². The zero-order chi connectivity index (χ0) is 21.4. The number of esters is 1. The average Bonchev–Trinajstić information content (AvgIpc) is 2.99. The topological polar surface area (TPSA) is 92.8 Å². The fraction of sp³-hybridized carbons (Fsp3) is 0.333. The van der Waals surface area contributed by atoms with Crippen LogP contribution in [0.5, 0.6) is 0 Å². The summed E-state index contributed by atoms with van der Waals surface area (Å²) in [5.41, 5.74) is 0.450. The lowest BCUT2D eigenvalue weighted by atomic mass is 9.85. The van der Waals surface area contributed by atoms with Crippen LogP contribution in [0.3, 0.4) is 0 Å². The van der Waals surface area contributed by atoms with E-state index < -0.39 is 32.3 Å². The molecule has 1 amide bonds. The third-order valence-corrected chi connectivity index (χ3v) is 6.98.